The quantitative estimate of drug-likeness (QED) is 0.745. The Morgan fingerprint density at radius 2 is 1.85 bits per heavy atom. The van der Waals surface area contributed by atoms with Crippen LogP contribution in [0.4, 0.5) is 5.82 Å². The Kier molecular flexibility index (Phi) is 3.67. The molecule has 0 aliphatic heterocycles. The van der Waals surface area contributed by atoms with E-state index in [0.29, 0.717) is 28.4 Å². The molecule has 0 atom stereocenters. The zero-order valence-corrected chi connectivity index (χ0v) is 11.9. The Balaban J connectivity index is 1.94. The molecule has 0 fully saturated rings. The fourth-order valence-corrected chi connectivity index (χ4v) is 2.20. The average Bonchev–Trinajstić information content (AvgIpc) is 2.45. The molecule has 0 unspecified atom stereocenters. The minimum atomic E-state index is 0.164. The van der Waals surface area contributed by atoms with E-state index in [0.717, 1.165) is 5.56 Å². The molecule has 0 aliphatic rings. The molecular weight excluding hydrogens is 295 g/mol. The number of rotatable bonds is 3. The van der Waals surface area contributed by atoms with Crippen molar-refractivity contribution in [1.82, 2.24) is 15.0 Å². The molecule has 0 aliphatic carbocycles. The van der Waals surface area contributed by atoms with Crippen LogP contribution in [0.1, 0.15) is 5.56 Å². The third-order valence-electron chi connectivity index (χ3n) is 2.78. The highest BCUT2D eigenvalue weighted by Gasteiger charge is 2.08. The molecule has 6 heteroatoms. The first kappa shape index (κ1) is 13.1. The molecule has 0 saturated carbocycles. The van der Waals surface area contributed by atoms with Crippen molar-refractivity contribution in [2.75, 3.05) is 5.32 Å². The Hall–Kier alpha value is -1.91. The third kappa shape index (κ3) is 2.81. The zero-order valence-electron chi connectivity index (χ0n) is 10.3. The van der Waals surface area contributed by atoms with Crippen LogP contribution >= 0.6 is 23.2 Å². The van der Waals surface area contributed by atoms with E-state index in [1.165, 1.54) is 0 Å². The number of hydrogen-bond donors (Lipinski definition) is 1. The summed E-state index contributed by atoms with van der Waals surface area (Å²) in [5, 5.41) is 3.90. The molecule has 3 aromatic rings. The smallest absolute Gasteiger partial charge is 0.225 e. The lowest BCUT2D eigenvalue weighted by atomic mass is 10.2. The molecule has 2 heterocycles. The topological polar surface area (TPSA) is 50.7 Å². The van der Waals surface area contributed by atoms with Crippen LogP contribution in [0.25, 0.3) is 11.0 Å². The van der Waals surface area contributed by atoms with Gasteiger partial charge in [-0.2, -0.15) is 4.98 Å². The van der Waals surface area contributed by atoms with Gasteiger partial charge in [-0.15, -0.1) is 0 Å². The highest BCUT2D eigenvalue weighted by atomic mass is 35.5. The van der Waals surface area contributed by atoms with Gasteiger partial charge in [0.25, 0.3) is 0 Å². The van der Waals surface area contributed by atoms with Crippen LogP contribution in [-0.4, -0.2) is 15.0 Å². The largest absolute Gasteiger partial charge is 0.364 e. The number of benzene rings is 1. The van der Waals surface area contributed by atoms with Crippen LogP contribution in [0.15, 0.2) is 42.6 Å². The third-order valence-corrected chi connectivity index (χ3v) is 3.15. The van der Waals surface area contributed by atoms with Crippen LogP contribution in [0.3, 0.4) is 0 Å². The maximum Gasteiger partial charge on any atom is 0.225 e. The molecule has 4 nitrogen and oxygen atoms in total. The van der Waals surface area contributed by atoms with Gasteiger partial charge in [-0.3, -0.25) is 0 Å². The van der Waals surface area contributed by atoms with Gasteiger partial charge in [0, 0.05) is 12.7 Å². The number of nitrogens with one attached hydrogen (secondary N) is 1. The standard InChI is InChI=1S/C14H10Cl2N4/c15-10-6-11-12(17-8-10)13(20-14(16)19-11)18-7-9-4-2-1-3-5-9/h1-6,8H,7H2,(H,18,19,20). The summed E-state index contributed by atoms with van der Waals surface area (Å²) in [6, 6.07) is 11.7. The minimum absolute atomic E-state index is 0.164. The van der Waals surface area contributed by atoms with E-state index in [1.54, 1.807) is 12.3 Å². The highest BCUT2D eigenvalue weighted by molar-refractivity contribution is 6.31. The van der Waals surface area contributed by atoms with E-state index in [-0.39, 0.29) is 5.28 Å². The van der Waals surface area contributed by atoms with Gasteiger partial charge >= 0.3 is 0 Å². The molecule has 0 saturated heterocycles. The summed E-state index contributed by atoms with van der Waals surface area (Å²) in [6.07, 6.45) is 1.56. The maximum atomic E-state index is 5.92. The van der Waals surface area contributed by atoms with E-state index in [2.05, 4.69) is 20.3 Å². The fraction of sp³-hybridized carbons (Fsp3) is 0.0714. The Labute approximate surface area is 125 Å². The number of halogens is 2. The summed E-state index contributed by atoms with van der Waals surface area (Å²) >= 11 is 11.8. The first-order chi connectivity index (χ1) is 9.72. The average molecular weight is 305 g/mol. The summed E-state index contributed by atoms with van der Waals surface area (Å²) in [5.74, 6) is 0.598. The second kappa shape index (κ2) is 5.61. The monoisotopic (exact) mass is 304 g/mol. The van der Waals surface area contributed by atoms with Crippen molar-refractivity contribution in [3.63, 3.8) is 0 Å². The van der Waals surface area contributed by atoms with Gasteiger partial charge in [0.15, 0.2) is 5.82 Å². The van der Waals surface area contributed by atoms with Crippen molar-refractivity contribution >= 4 is 40.1 Å². The molecule has 100 valence electrons. The second-order valence-corrected chi connectivity index (χ2v) is 4.98. The van der Waals surface area contributed by atoms with Gasteiger partial charge in [0.2, 0.25) is 5.28 Å². The summed E-state index contributed by atoms with van der Waals surface area (Å²) < 4.78 is 0. The van der Waals surface area contributed by atoms with E-state index in [4.69, 9.17) is 23.2 Å². The molecule has 2 aromatic heterocycles. The lowest BCUT2D eigenvalue weighted by Gasteiger charge is -2.08. The molecule has 0 spiro atoms. The first-order valence-corrected chi connectivity index (χ1v) is 6.74. The van der Waals surface area contributed by atoms with Crippen LogP contribution in [0.2, 0.25) is 10.3 Å². The summed E-state index contributed by atoms with van der Waals surface area (Å²) in [7, 11) is 0. The number of fused-ring (bicyclic) bond motifs is 1. The van der Waals surface area contributed by atoms with Crippen LogP contribution in [0, 0.1) is 0 Å². The lowest BCUT2D eigenvalue weighted by Crippen LogP contribution is -2.04. The molecule has 3 rings (SSSR count). The maximum absolute atomic E-state index is 5.92. The van der Waals surface area contributed by atoms with Crippen molar-refractivity contribution in [3.8, 4) is 0 Å². The van der Waals surface area contributed by atoms with Gasteiger partial charge in [-0.25, -0.2) is 9.97 Å². The Morgan fingerprint density at radius 3 is 2.65 bits per heavy atom. The highest BCUT2D eigenvalue weighted by Crippen LogP contribution is 2.22. The Bertz CT molecular complexity index is 742. The van der Waals surface area contributed by atoms with Crippen molar-refractivity contribution < 1.29 is 0 Å². The summed E-state index contributed by atoms with van der Waals surface area (Å²) in [4.78, 5) is 12.6. The van der Waals surface area contributed by atoms with E-state index in [9.17, 15) is 0 Å². The first-order valence-electron chi connectivity index (χ1n) is 5.99. The predicted octanol–water partition coefficient (Wildman–Crippen LogP) is 3.94. The zero-order chi connectivity index (χ0) is 13.9. The van der Waals surface area contributed by atoms with E-state index in [1.807, 2.05) is 30.3 Å². The number of anilines is 1. The van der Waals surface area contributed by atoms with Crippen molar-refractivity contribution in [1.29, 1.82) is 0 Å². The second-order valence-electron chi connectivity index (χ2n) is 4.20. The van der Waals surface area contributed by atoms with E-state index >= 15 is 0 Å². The van der Waals surface area contributed by atoms with Crippen molar-refractivity contribution in [3.05, 3.63) is 58.5 Å². The molecule has 20 heavy (non-hydrogen) atoms. The van der Waals surface area contributed by atoms with Crippen LogP contribution in [-0.2, 0) is 6.54 Å². The summed E-state index contributed by atoms with van der Waals surface area (Å²) in [6.45, 7) is 0.633. The molecular formula is C14H10Cl2N4. The van der Waals surface area contributed by atoms with Crippen molar-refractivity contribution in [2.24, 2.45) is 0 Å². The number of aromatic nitrogens is 3. The van der Waals surface area contributed by atoms with Gasteiger partial charge in [-0.05, 0) is 23.2 Å². The van der Waals surface area contributed by atoms with Gasteiger partial charge < -0.3 is 5.32 Å². The molecule has 1 N–H and O–H groups in total. The number of pyridine rings is 1. The van der Waals surface area contributed by atoms with E-state index < -0.39 is 0 Å². The SMILES string of the molecule is Clc1cnc2c(NCc3ccccc3)nc(Cl)nc2c1. The molecule has 0 amide bonds. The summed E-state index contributed by atoms with van der Waals surface area (Å²) in [5.41, 5.74) is 2.41. The normalized spacial score (nSPS) is 10.7. The minimum Gasteiger partial charge on any atom is -0.364 e. The number of hydrogen-bond acceptors (Lipinski definition) is 4. The van der Waals surface area contributed by atoms with Gasteiger partial charge in [-0.1, -0.05) is 41.9 Å². The van der Waals surface area contributed by atoms with Gasteiger partial charge in [0.1, 0.15) is 5.52 Å². The fourth-order valence-electron chi connectivity index (χ4n) is 1.87. The van der Waals surface area contributed by atoms with Gasteiger partial charge in [0.05, 0.1) is 10.5 Å². The van der Waals surface area contributed by atoms with Crippen LogP contribution in [0.5, 0.6) is 0 Å². The van der Waals surface area contributed by atoms with Crippen molar-refractivity contribution in [2.45, 2.75) is 6.54 Å². The number of nitrogens with zero attached hydrogens (tertiary/aromatic N) is 3. The van der Waals surface area contributed by atoms with Crippen LogP contribution < -0.4 is 5.32 Å². The lowest BCUT2D eigenvalue weighted by molar-refractivity contribution is 1.09. The predicted molar refractivity (Wildman–Crippen MR) is 81.1 cm³/mol. The molecule has 1 aromatic carbocycles. The molecule has 0 bridgehead atoms. The Morgan fingerprint density at radius 1 is 1.05 bits per heavy atom. The molecule has 0 radical (unpaired) electrons.